The van der Waals surface area contributed by atoms with E-state index in [2.05, 4.69) is 39.8 Å². The summed E-state index contributed by atoms with van der Waals surface area (Å²) < 4.78 is 0. The third-order valence-corrected chi connectivity index (χ3v) is 4.41. The molecule has 0 aliphatic heterocycles. The highest BCUT2D eigenvalue weighted by Crippen LogP contribution is 2.24. The Morgan fingerprint density at radius 2 is 1.73 bits per heavy atom. The molecule has 0 saturated heterocycles. The van der Waals surface area contributed by atoms with E-state index in [4.69, 9.17) is 11.6 Å². The Labute approximate surface area is 102 Å². The fraction of sp³-hybridized carbons (Fsp3) is 0.538. The fourth-order valence-electron chi connectivity index (χ4n) is 1.71. The van der Waals surface area contributed by atoms with Gasteiger partial charge in [-0.15, -0.1) is 11.6 Å². The lowest BCUT2D eigenvalue weighted by Crippen LogP contribution is -2.00. The number of alkyl halides is 1. The van der Waals surface area contributed by atoms with Gasteiger partial charge in [-0.25, -0.2) is 0 Å². The maximum absolute atomic E-state index is 5.80. The number of rotatable bonds is 4. The Morgan fingerprint density at radius 3 is 2.20 bits per heavy atom. The molecule has 0 radical (unpaired) electrons. The summed E-state index contributed by atoms with van der Waals surface area (Å²) in [4.78, 5) is 0. The Balaban J connectivity index is 2.77. The van der Waals surface area contributed by atoms with Gasteiger partial charge in [-0.3, -0.25) is 0 Å². The molecule has 1 aromatic rings. The molecular formula is C13H19ClS. The number of benzene rings is 1. The van der Waals surface area contributed by atoms with Crippen LogP contribution in [0.2, 0.25) is 0 Å². The van der Waals surface area contributed by atoms with Crippen LogP contribution in [0.5, 0.6) is 0 Å². The van der Waals surface area contributed by atoms with Crippen LogP contribution in [0, 0.1) is 20.8 Å². The average molecular weight is 243 g/mol. The first-order chi connectivity index (χ1) is 7.04. The lowest BCUT2D eigenvalue weighted by atomic mass is 10.0. The average Bonchev–Trinajstić information content (AvgIpc) is 2.15. The van der Waals surface area contributed by atoms with Crippen molar-refractivity contribution in [3.63, 3.8) is 0 Å². The zero-order valence-electron chi connectivity index (χ0n) is 9.93. The molecule has 0 aromatic heterocycles. The molecule has 0 bridgehead atoms. The Hall–Kier alpha value is -0.140. The molecule has 0 heterocycles. The van der Waals surface area contributed by atoms with Gasteiger partial charge in [0, 0.05) is 16.9 Å². The molecule has 0 nitrogen and oxygen atoms in total. The van der Waals surface area contributed by atoms with E-state index in [1.165, 1.54) is 22.3 Å². The van der Waals surface area contributed by atoms with Gasteiger partial charge in [-0.05, 0) is 37.5 Å². The predicted molar refractivity (Wildman–Crippen MR) is 72.1 cm³/mol. The molecule has 0 aliphatic rings. The molecule has 0 fully saturated rings. The van der Waals surface area contributed by atoms with Crippen LogP contribution in [-0.2, 0) is 5.75 Å². The van der Waals surface area contributed by atoms with Crippen LogP contribution in [0.3, 0.4) is 0 Å². The molecule has 0 aliphatic carbocycles. The molecule has 1 aromatic carbocycles. The molecule has 0 amide bonds. The van der Waals surface area contributed by atoms with Crippen molar-refractivity contribution < 1.29 is 0 Å². The third-order valence-electron chi connectivity index (χ3n) is 2.57. The number of hydrogen-bond acceptors (Lipinski definition) is 1. The standard InChI is InChI=1S/C13H19ClS/c1-9-5-10(2)13(11(3)6-9)8-15-12(4)7-14/h5-6,12H,7-8H2,1-4H3. The molecule has 0 spiro atoms. The van der Waals surface area contributed by atoms with Crippen molar-refractivity contribution >= 4 is 23.4 Å². The van der Waals surface area contributed by atoms with Gasteiger partial charge in [0.1, 0.15) is 0 Å². The number of hydrogen-bond donors (Lipinski definition) is 0. The summed E-state index contributed by atoms with van der Waals surface area (Å²) in [7, 11) is 0. The normalized spacial score (nSPS) is 12.9. The van der Waals surface area contributed by atoms with Gasteiger partial charge >= 0.3 is 0 Å². The van der Waals surface area contributed by atoms with E-state index in [1.807, 2.05) is 11.8 Å². The second-order valence-electron chi connectivity index (χ2n) is 4.15. The first-order valence-electron chi connectivity index (χ1n) is 5.29. The van der Waals surface area contributed by atoms with Crippen molar-refractivity contribution in [1.82, 2.24) is 0 Å². The molecule has 0 saturated carbocycles. The highest BCUT2D eigenvalue weighted by molar-refractivity contribution is 7.99. The highest BCUT2D eigenvalue weighted by Gasteiger charge is 2.06. The number of aryl methyl sites for hydroxylation is 3. The van der Waals surface area contributed by atoms with Crippen molar-refractivity contribution in [3.05, 3.63) is 34.4 Å². The van der Waals surface area contributed by atoms with Gasteiger partial charge in [0.2, 0.25) is 0 Å². The van der Waals surface area contributed by atoms with Gasteiger partial charge in [-0.1, -0.05) is 24.6 Å². The fourth-order valence-corrected chi connectivity index (χ4v) is 2.97. The summed E-state index contributed by atoms with van der Waals surface area (Å²) in [5, 5.41) is 0.534. The first kappa shape index (κ1) is 12.9. The quantitative estimate of drug-likeness (QED) is 0.702. The number of halogens is 1. The Bertz CT molecular complexity index is 310. The van der Waals surface area contributed by atoms with Crippen molar-refractivity contribution in [2.75, 3.05) is 5.88 Å². The van der Waals surface area contributed by atoms with Crippen LogP contribution in [-0.4, -0.2) is 11.1 Å². The van der Waals surface area contributed by atoms with Crippen molar-refractivity contribution in [2.24, 2.45) is 0 Å². The summed E-state index contributed by atoms with van der Waals surface area (Å²) in [6.07, 6.45) is 0. The maximum atomic E-state index is 5.80. The summed E-state index contributed by atoms with van der Waals surface area (Å²) in [6, 6.07) is 4.52. The van der Waals surface area contributed by atoms with Crippen molar-refractivity contribution in [3.8, 4) is 0 Å². The highest BCUT2D eigenvalue weighted by atomic mass is 35.5. The summed E-state index contributed by atoms with van der Waals surface area (Å²) >= 11 is 7.73. The lowest BCUT2D eigenvalue weighted by molar-refractivity contribution is 1.11. The molecule has 0 N–H and O–H groups in total. The Kier molecular flexibility index (Phi) is 5.01. The molecule has 1 unspecified atom stereocenters. The van der Waals surface area contributed by atoms with Crippen LogP contribution >= 0.6 is 23.4 Å². The van der Waals surface area contributed by atoms with E-state index in [0.717, 1.165) is 11.6 Å². The van der Waals surface area contributed by atoms with Crippen LogP contribution in [0.25, 0.3) is 0 Å². The van der Waals surface area contributed by atoms with Crippen LogP contribution < -0.4 is 0 Å². The van der Waals surface area contributed by atoms with Gasteiger partial charge in [0.25, 0.3) is 0 Å². The smallest absolute Gasteiger partial charge is 0.0340 e. The number of thioether (sulfide) groups is 1. The summed E-state index contributed by atoms with van der Waals surface area (Å²) in [5.74, 6) is 1.81. The second kappa shape index (κ2) is 5.81. The van der Waals surface area contributed by atoms with E-state index in [0.29, 0.717) is 5.25 Å². The van der Waals surface area contributed by atoms with Gasteiger partial charge in [0.05, 0.1) is 0 Å². The topological polar surface area (TPSA) is 0 Å². The van der Waals surface area contributed by atoms with Gasteiger partial charge in [-0.2, -0.15) is 11.8 Å². The van der Waals surface area contributed by atoms with Gasteiger partial charge < -0.3 is 0 Å². The molecule has 1 atom stereocenters. The van der Waals surface area contributed by atoms with E-state index in [-0.39, 0.29) is 0 Å². The minimum Gasteiger partial charge on any atom is -0.153 e. The molecular weight excluding hydrogens is 224 g/mol. The zero-order valence-corrected chi connectivity index (χ0v) is 11.5. The minimum atomic E-state index is 0.534. The monoisotopic (exact) mass is 242 g/mol. The molecule has 84 valence electrons. The molecule has 15 heavy (non-hydrogen) atoms. The van der Waals surface area contributed by atoms with Crippen LogP contribution in [0.4, 0.5) is 0 Å². The van der Waals surface area contributed by atoms with E-state index in [1.54, 1.807) is 0 Å². The Morgan fingerprint density at radius 1 is 1.20 bits per heavy atom. The van der Waals surface area contributed by atoms with Crippen LogP contribution in [0.1, 0.15) is 29.2 Å². The van der Waals surface area contributed by atoms with Crippen LogP contribution in [0.15, 0.2) is 12.1 Å². The maximum Gasteiger partial charge on any atom is 0.0340 e. The predicted octanol–water partition coefficient (Wildman–Crippen LogP) is 4.47. The summed E-state index contributed by atoms with van der Waals surface area (Å²) in [5.41, 5.74) is 5.63. The summed E-state index contributed by atoms with van der Waals surface area (Å²) in [6.45, 7) is 8.72. The molecule has 1 rings (SSSR count). The SMILES string of the molecule is Cc1cc(C)c(CSC(C)CCl)c(C)c1. The largest absolute Gasteiger partial charge is 0.153 e. The second-order valence-corrected chi connectivity index (χ2v) is 5.89. The zero-order chi connectivity index (χ0) is 11.4. The lowest BCUT2D eigenvalue weighted by Gasteiger charge is -2.13. The van der Waals surface area contributed by atoms with E-state index >= 15 is 0 Å². The third kappa shape index (κ3) is 3.73. The van der Waals surface area contributed by atoms with E-state index < -0.39 is 0 Å². The molecule has 2 heteroatoms. The van der Waals surface area contributed by atoms with Crippen molar-refractivity contribution in [2.45, 2.75) is 38.7 Å². The minimum absolute atomic E-state index is 0.534. The van der Waals surface area contributed by atoms with Gasteiger partial charge in [0.15, 0.2) is 0 Å². The van der Waals surface area contributed by atoms with Crippen molar-refractivity contribution in [1.29, 1.82) is 0 Å². The first-order valence-corrected chi connectivity index (χ1v) is 6.87. The van der Waals surface area contributed by atoms with E-state index in [9.17, 15) is 0 Å².